The quantitative estimate of drug-likeness (QED) is 0.293. The minimum Gasteiger partial charge on any atom is -0.452 e. The second-order valence-corrected chi connectivity index (χ2v) is 11.6. The molecule has 8 nitrogen and oxygen atoms in total. The fraction of sp³-hybridized carbons (Fsp3) is 0.393. The van der Waals surface area contributed by atoms with Gasteiger partial charge in [-0.05, 0) is 40.7 Å². The number of H-pyrrole nitrogens is 1. The van der Waals surface area contributed by atoms with Gasteiger partial charge in [0.1, 0.15) is 17.0 Å². The molecular formula is C28H33FN4O4S. The summed E-state index contributed by atoms with van der Waals surface area (Å²) < 4.78 is 24.1. The second-order valence-electron chi connectivity index (χ2n) is 10.6. The number of ether oxygens (including phenoxy) is 1. The summed E-state index contributed by atoms with van der Waals surface area (Å²) in [5.74, 6) is -0.476. The van der Waals surface area contributed by atoms with Crippen molar-refractivity contribution in [2.75, 3.05) is 6.54 Å². The predicted octanol–water partition coefficient (Wildman–Crippen LogP) is 5.34. The minimum absolute atomic E-state index is 0.0135. The Bertz CT molecular complexity index is 1590. The molecule has 38 heavy (non-hydrogen) atoms. The van der Waals surface area contributed by atoms with Crippen molar-refractivity contribution < 1.29 is 19.0 Å². The molecule has 0 saturated carbocycles. The molecule has 0 radical (unpaired) electrons. The molecule has 0 atom stereocenters. The molecule has 4 heterocycles. The van der Waals surface area contributed by atoms with Crippen molar-refractivity contribution in [1.82, 2.24) is 19.9 Å². The standard InChI is InChI=1S/C28H33FN4O4S/c1-9-31-25(34)18-10-16-17(13-33(8)26(35)20(16)32-18)23-22(37-21-14(2)11-30-12-15(21)3)19(29)24(38-23)27(4,5)28(6,7)36/h10-13,32,36H,9H2,1-8H3,(H,31,34). The van der Waals surface area contributed by atoms with E-state index >= 15 is 4.39 Å². The molecule has 3 N–H and O–H groups in total. The molecule has 4 aromatic rings. The topological polar surface area (TPSA) is 109 Å². The van der Waals surface area contributed by atoms with Gasteiger partial charge in [0, 0.05) is 59.7 Å². The largest absolute Gasteiger partial charge is 0.452 e. The Kier molecular flexibility index (Phi) is 7.00. The summed E-state index contributed by atoms with van der Waals surface area (Å²) in [4.78, 5) is 33.4. The Morgan fingerprint density at radius 2 is 1.84 bits per heavy atom. The monoisotopic (exact) mass is 540 g/mol. The number of halogens is 1. The third kappa shape index (κ3) is 4.52. The van der Waals surface area contributed by atoms with Crippen molar-refractivity contribution in [2.45, 2.75) is 59.5 Å². The van der Waals surface area contributed by atoms with E-state index in [2.05, 4.69) is 15.3 Å². The Morgan fingerprint density at radius 1 is 1.21 bits per heavy atom. The summed E-state index contributed by atoms with van der Waals surface area (Å²) in [5.41, 5.74) is -0.120. The van der Waals surface area contributed by atoms with E-state index in [0.29, 0.717) is 33.0 Å². The maximum atomic E-state index is 16.4. The third-order valence-electron chi connectivity index (χ3n) is 7.15. The van der Waals surface area contributed by atoms with Gasteiger partial charge >= 0.3 is 0 Å². The molecule has 0 aromatic carbocycles. The Morgan fingerprint density at radius 3 is 2.42 bits per heavy atom. The summed E-state index contributed by atoms with van der Waals surface area (Å²) in [6.45, 7) is 12.7. The Labute approximate surface area is 224 Å². The highest BCUT2D eigenvalue weighted by Gasteiger charge is 2.42. The number of rotatable bonds is 7. The van der Waals surface area contributed by atoms with Crippen LogP contribution in [0.3, 0.4) is 0 Å². The van der Waals surface area contributed by atoms with E-state index in [-0.39, 0.29) is 28.4 Å². The maximum Gasteiger partial charge on any atom is 0.274 e. The van der Waals surface area contributed by atoms with Gasteiger partial charge in [0.2, 0.25) is 0 Å². The van der Waals surface area contributed by atoms with Crippen molar-refractivity contribution in [2.24, 2.45) is 7.05 Å². The number of fused-ring (bicyclic) bond motifs is 1. The van der Waals surface area contributed by atoms with E-state index in [1.54, 1.807) is 66.3 Å². The number of thiophene rings is 1. The number of pyridine rings is 2. The highest BCUT2D eigenvalue weighted by molar-refractivity contribution is 7.16. The van der Waals surface area contributed by atoms with Crippen molar-refractivity contribution in [3.8, 4) is 21.9 Å². The first kappa shape index (κ1) is 27.5. The molecule has 202 valence electrons. The minimum atomic E-state index is -1.26. The molecule has 0 fully saturated rings. The smallest absolute Gasteiger partial charge is 0.274 e. The zero-order valence-corrected chi connectivity index (χ0v) is 23.7. The van der Waals surface area contributed by atoms with Crippen LogP contribution in [0.25, 0.3) is 21.3 Å². The number of amides is 1. The van der Waals surface area contributed by atoms with Crippen LogP contribution in [0.15, 0.2) is 29.5 Å². The highest BCUT2D eigenvalue weighted by atomic mass is 32.1. The van der Waals surface area contributed by atoms with E-state index in [0.717, 1.165) is 22.5 Å². The van der Waals surface area contributed by atoms with E-state index in [1.165, 1.54) is 4.57 Å². The number of aromatic amines is 1. The van der Waals surface area contributed by atoms with Crippen LogP contribution in [-0.2, 0) is 12.5 Å². The molecule has 4 rings (SSSR count). The van der Waals surface area contributed by atoms with Gasteiger partial charge < -0.3 is 24.7 Å². The summed E-state index contributed by atoms with van der Waals surface area (Å²) in [6.07, 6.45) is 4.90. The summed E-state index contributed by atoms with van der Waals surface area (Å²) in [5, 5.41) is 14.1. The maximum absolute atomic E-state index is 16.4. The first-order valence-electron chi connectivity index (χ1n) is 12.3. The van der Waals surface area contributed by atoms with Crippen molar-refractivity contribution in [1.29, 1.82) is 0 Å². The average Bonchev–Trinajstić information content (AvgIpc) is 3.41. The van der Waals surface area contributed by atoms with Gasteiger partial charge in [-0.2, -0.15) is 0 Å². The lowest BCUT2D eigenvalue weighted by molar-refractivity contribution is 0.00974. The van der Waals surface area contributed by atoms with Gasteiger partial charge in [-0.1, -0.05) is 13.8 Å². The predicted molar refractivity (Wildman–Crippen MR) is 148 cm³/mol. The van der Waals surface area contributed by atoms with Crippen LogP contribution < -0.4 is 15.6 Å². The van der Waals surface area contributed by atoms with Crippen LogP contribution >= 0.6 is 11.3 Å². The first-order valence-corrected chi connectivity index (χ1v) is 13.2. The van der Waals surface area contributed by atoms with Crippen molar-refractivity contribution in [3.05, 3.63) is 62.5 Å². The van der Waals surface area contributed by atoms with E-state index in [4.69, 9.17) is 4.74 Å². The van der Waals surface area contributed by atoms with Gasteiger partial charge in [0.25, 0.3) is 11.5 Å². The molecule has 10 heteroatoms. The Hall–Kier alpha value is -3.50. The molecular weight excluding hydrogens is 507 g/mol. The molecule has 0 aliphatic heterocycles. The number of aliphatic hydroxyl groups is 1. The average molecular weight is 541 g/mol. The number of carbonyl (C=O) groups is 1. The lowest BCUT2D eigenvalue weighted by Crippen LogP contribution is -2.42. The number of aryl methyl sites for hydroxylation is 3. The van der Waals surface area contributed by atoms with E-state index in [1.807, 2.05) is 13.8 Å². The molecule has 0 aliphatic rings. The van der Waals surface area contributed by atoms with Gasteiger partial charge in [0.05, 0.1) is 15.4 Å². The van der Waals surface area contributed by atoms with Crippen LogP contribution in [0.4, 0.5) is 4.39 Å². The molecule has 0 spiro atoms. The van der Waals surface area contributed by atoms with Crippen molar-refractivity contribution in [3.63, 3.8) is 0 Å². The molecule has 0 unspecified atom stereocenters. The van der Waals surface area contributed by atoms with E-state index < -0.39 is 16.8 Å². The second kappa shape index (κ2) is 9.67. The SMILES string of the molecule is CCNC(=O)c1cc2c(-c3sc(C(C)(C)C(C)(C)O)c(F)c3Oc3c(C)cncc3C)cn(C)c(=O)c2[nH]1. The molecule has 0 saturated heterocycles. The number of hydrogen-bond acceptors (Lipinski definition) is 6. The van der Waals surface area contributed by atoms with E-state index in [9.17, 15) is 14.7 Å². The Balaban J connectivity index is 2.06. The van der Waals surface area contributed by atoms with Gasteiger partial charge in [-0.3, -0.25) is 14.6 Å². The molecule has 4 aromatic heterocycles. The molecule has 1 amide bonds. The fourth-order valence-electron chi connectivity index (χ4n) is 4.19. The normalized spacial score (nSPS) is 12.3. The summed E-state index contributed by atoms with van der Waals surface area (Å²) >= 11 is 1.16. The number of hydrogen-bond donors (Lipinski definition) is 3. The van der Waals surface area contributed by atoms with Crippen LogP contribution in [0.2, 0.25) is 0 Å². The van der Waals surface area contributed by atoms with Crippen LogP contribution in [0, 0.1) is 19.7 Å². The number of aromatic nitrogens is 3. The summed E-state index contributed by atoms with van der Waals surface area (Å²) in [6, 6.07) is 1.60. The van der Waals surface area contributed by atoms with Gasteiger partial charge in [0.15, 0.2) is 11.6 Å². The lowest BCUT2D eigenvalue weighted by Gasteiger charge is -2.36. The number of carbonyl (C=O) groups excluding carboxylic acids is 1. The van der Waals surface area contributed by atoms with Crippen LogP contribution in [-0.4, -0.2) is 37.7 Å². The van der Waals surface area contributed by atoms with Gasteiger partial charge in [-0.15, -0.1) is 11.3 Å². The van der Waals surface area contributed by atoms with Crippen LogP contribution in [0.1, 0.15) is 61.1 Å². The van der Waals surface area contributed by atoms with Gasteiger partial charge in [-0.25, -0.2) is 4.39 Å². The zero-order valence-electron chi connectivity index (χ0n) is 22.9. The van der Waals surface area contributed by atoms with Crippen LogP contribution in [0.5, 0.6) is 11.5 Å². The number of nitrogens with zero attached hydrogens (tertiary/aromatic N) is 2. The highest BCUT2D eigenvalue weighted by Crippen LogP contribution is 2.51. The van der Waals surface area contributed by atoms with Crippen molar-refractivity contribution >= 4 is 28.1 Å². The zero-order chi connectivity index (χ0) is 28.2. The summed E-state index contributed by atoms with van der Waals surface area (Å²) in [7, 11) is 1.60. The lowest BCUT2D eigenvalue weighted by atomic mass is 9.76. The first-order chi connectivity index (χ1) is 17.7. The molecule has 0 aliphatic carbocycles. The fourth-order valence-corrected chi connectivity index (χ4v) is 5.58. The number of nitrogens with one attached hydrogen (secondary N) is 2. The molecule has 0 bridgehead atoms. The third-order valence-corrected chi connectivity index (χ3v) is 8.66.